The predicted molar refractivity (Wildman–Crippen MR) is 101 cm³/mol. The molecule has 3 N–H and O–H groups in total. The number of nitrogens with one attached hydrogen (secondary N) is 1. The van der Waals surface area contributed by atoms with Gasteiger partial charge in [-0.15, -0.1) is 0 Å². The average Bonchev–Trinajstić information content (AvgIpc) is 2.76. The molecule has 0 spiro atoms. The largest absolute Gasteiger partial charge is 0.463 e. The van der Waals surface area contributed by atoms with Crippen molar-refractivity contribution < 1.29 is 17.9 Å². The number of nitrogens with two attached hydrogens (primary N) is 1. The van der Waals surface area contributed by atoms with Crippen LogP contribution in [-0.2, 0) is 6.18 Å². The van der Waals surface area contributed by atoms with Gasteiger partial charge in [0.05, 0.1) is 27.5 Å². The third-order valence-corrected chi connectivity index (χ3v) is 4.92. The van der Waals surface area contributed by atoms with Crippen LogP contribution in [0.4, 0.5) is 24.7 Å². The molecule has 0 fully saturated rings. The van der Waals surface area contributed by atoms with E-state index in [1.807, 2.05) is 0 Å². The highest BCUT2D eigenvalue weighted by molar-refractivity contribution is 6.37. The van der Waals surface area contributed by atoms with Crippen molar-refractivity contribution in [1.29, 1.82) is 0 Å². The van der Waals surface area contributed by atoms with E-state index in [1.165, 1.54) is 25.3 Å². The smallest absolute Gasteiger partial charge is 0.418 e. The van der Waals surface area contributed by atoms with Gasteiger partial charge < -0.3 is 20.7 Å². The van der Waals surface area contributed by atoms with Crippen molar-refractivity contribution in [2.45, 2.75) is 13.1 Å². The Morgan fingerprint density at radius 3 is 2.79 bits per heavy atom. The fourth-order valence-corrected chi connectivity index (χ4v) is 3.67. The SMILES string of the molecule is Cc1cc(N)nc(-c2cc3c4c(c2Cl)NCN=C4N(C)C=CO3)c1C(F)(F)F. The van der Waals surface area contributed by atoms with Crippen LogP contribution in [0.2, 0.25) is 5.02 Å². The quantitative estimate of drug-likeness (QED) is 0.737. The second-order valence-corrected chi connectivity index (χ2v) is 6.78. The summed E-state index contributed by atoms with van der Waals surface area (Å²) in [5.74, 6) is 0.880. The van der Waals surface area contributed by atoms with Gasteiger partial charge >= 0.3 is 6.18 Å². The van der Waals surface area contributed by atoms with Crippen molar-refractivity contribution in [2.24, 2.45) is 4.99 Å². The van der Waals surface area contributed by atoms with Crippen molar-refractivity contribution in [3.05, 3.63) is 46.3 Å². The zero-order chi connectivity index (χ0) is 20.2. The molecule has 1 aromatic carbocycles. The molecule has 2 aliphatic heterocycles. The second-order valence-electron chi connectivity index (χ2n) is 6.40. The van der Waals surface area contributed by atoms with Gasteiger partial charge in [0.1, 0.15) is 30.3 Å². The van der Waals surface area contributed by atoms with E-state index in [4.69, 9.17) is 22.1 Å². The number of benzene rings is 1. The van der Waals surface area contributed by atoms with E-state index in [0.29, 0.717) is 22.8 Å². The molecule has 4 rings (SSSR count). The van der Waals surface area contributed by atoms with Gasteiger partial charge in [-0.05, 0) is 24.6 Å². The molecule has 1 aromatic heterocycles. The molecule has 0 bridgehead atoms. The van der Waals surface area contributed by atoms with Crippen LogP contribution in [0.5, 0.6) is 5.75 Å². The molecule has 0 unspecified atom stereocenters. The molecule has 0 amide bonds. The van der Waals surface area contributed by atoms with Crippen LogP contribution in [0, 0.1) is 6.92 Å². The monoisotopic (exact) mass is 409 g/mol. The van der Waals surface area contributed by atoms with Crippen LogP contribution in [-0.4, -0.2) is 29.4 Å². The Morgan fingerprint density at radius 2 is 2.07 bits per heavy atom. The van der Waals surface area contributed by atoms with E-state index in [1.54, 1.807) is 18.1 Å². The van der Waals surface area contributed by atoms with Gasteiger partial charge in [0.2, 0.25) is 0 Å². The fraction of sp³-hybridized carbons (Fsp3) is 0.222. The van der Waals surface area contributed by atoms with E-state index >= 15 is 0 Å². The van der Waals surface area contributed by atoms with Gasteiger partial charge in [-0.2, -0.15) is 13.2 Å². The highest BCUT2D eigenvalue weighted by atomic mass is 35.5. The highest BCUT2D eigenvalue weighted by Crippen LogP contribution is 2.47. The summed E-state index contributed by atoms with van der Waals surface area (Å²) >= 11 is 6.55. The second kappa shape index (κ2) is 6.30. The maximum atomic E-state index is 13.8. The van der Waals surface area contributed by atoms with Crippen LogP contribution in [0.3, 0.4) is 0 Å². The number of rotatable bonds is 1. The van der Waals surface area contributed by atoms with E-state index < -0.39 is 11.7 Å². The Bertz CT molecular complexity index is 1050. The molecule has 146 valence electrons. The number of aliphatic imine (C=N–C) groups is 1. The third kappa shape index (κ3) is 2.82. The lowest BCUT2D eigenvalue weighted by atomic mass is 9.97. The van der Waals surface area contributed by atoms with E-state index in [2.05, 4.69) is 15.3 Å². The van der Waals surface area contributed by atoms with Gasteiger partial charge in [-0.25, -0.2) is 9.98 Å². The van der Waals surface area contributed by atoms with E-state index in [-0.39, 0.29) is 34.3 Å². The van der Waals surface area contributed by atoms with Crippen molar-refractivity contribution in [3.8, 4) is 17.0 Å². The molecule has 0 saturated heterocycles. The molecular weight excluding hydrogens is 395 g/mol. The van der Waals surface area contributed by atoms with Crippen LogP contribution >= 0.6 is 11.6 Å². The normalized spacial score (nSPS) is 15.4. The number of pyridine rings is 1. The van der Waals surface area contributed by atoms with Crippen LogP contribution in [0.15, 0.2) is 29.6 Å². The lowest BCUT2D eigenvalue weighted by molar-refractivity contribution is -0.137. The summed E-state index contributed by atoms with van der Waals surface area (Å²) in [5.41, 5.74) is 5.55. The summed E-state index contributed by atoms with van der Waals surface area (Å²) in [5, 5.41) is 3.11. The topological polar surface area (TPSA) is 75.8 Å². The van der Waals surface area contributed by atoms with Crippen molar-refractivity contribution >= 4 is 28.9 Å². The Balaban J connectivity index is 2.04. The lowest BCUT2D eigenvalue weighted by Gasteiger charge is -2.26. The first-order valence-electron chi connectivity index (χ1n) is 8.24. The minimum Gasteiger partial charge on any atom is -0.463 e. The Morgan fingerprint density at radius 1 is 1.32 bits per heavy atom. The Kier molecular flexibility index (Phi) is 4.15. The van der Waals surface area contributed by atoms with Crippen LogP contribution in [0.1, 0.15) is 16.7 Å². The zero-order valence-corrected chi connectivity index (χ0v) is 15.6. The number of anilines is 2. The molecule has 2 aliphatic rings. The summed E-state index contributed by atoms with van der Waals surface area (Å²) in [6, 6.07) is 2.62. The summed E-state index contributed by atoms with van der Waals surface area (Å²) in [6.07, 6.45) is -1.54. The molecule has 10 heteroatoms. The first-order valence-corrected chi connectivity index (χ1v) is 8.62. The summed E-state index contributed by atoms with van der Waals surface area (Å²) in [4.78, 5) is 10.1. The minimum atomic E-state index is -4.63. The van der Waals surface area contributed by atoms with Gasteiger partial charge in [0.25, 0.3) is 0 Å². The number of amidine groups is 1. The predicted octanol–water partition coefficient (Wildman–Crippen LogP) is 4.24. The van der Waals surface area contributed by atoms with Crippen LogP contribution < -0.4 is 15.8 Å². The number of halogens is 4. The van der Waals surface area contributed by atoms with Crippen molar-refractivity contribution in [2.75, 3.05) is 24.8 Å². The average molecular weight is 410 g/mol. The Hall–Kier alpha value is -2.94. The van der Waals surface area contributed by atoms with Gasteiger partial charge in [-0.1, -0.05) is 11.6 Å². The van der Waals surface area contributed by atoms with Gasteiger partial charge in [0, 0.05) is 18.8 Å². The number of hydrogen-bond acceptors (Lipinski definition) is 6. The maximum Gasteiger partial charge on any atom is 0.418 e. The number of alkyl halides is 3. The van der Waals surface area contributed by atoms with E-state index in [0.717, 1.165) is 0 Å². The fourth-order valence-electron chi connectivity index (χ4n) is 3.36. The number of aryl methyl sites for hydroxylation is 1. The number of hydrogen-bond donors (Lipinski definition) is 2. The zero-order valence-electron chi connectivity index (χ0n) is 14.9. The third-order valence-electron chi connectivity index (χ3n) is 4.52. The molecular formula is C18H15ClF3N5O. The van der Waals surface area contributed by atoms with E-state index in [9.17, 15) is 13.2 Å². The van der Waals surface area contributed by atoms with Crippen molar-refractivity contribution in [1.82, 2.24) is 9.88 Å². The number of nitrogens with zero attached hydrogens (tertiary/aromatic N) is 3. The summed E-state index contributed by atoms with van der Waals surface area (Å²) in [6.45, 7) is 1.56. The van der Waals surface area contributed by atoms with Crippen LogP contribution in [0.25, 0.3) is 11.3 Å². The molecule has 6 nitrogen and oxygen atoms in total. The number of nitrogen functional groups attached to an aromatic ring is 1. The first-order chi connectivity index (χ1) is 13.2. The molecule has 0 atom stereocenters. The minimum absolute atomic E-state index is 0.0316. The number of ether oxygens (including phenoxy) is 1. The summed E-state index contributed by atoms with van der Waals surface area (Å²) in [7, 11) is 1.79. The molecule has 0 aliphatic carbocycles. The standard InChI is InChI=1S/C18H15ClF3N5O/c1-8-5-11(23)26-15(13(8)18(20,21)22)9-6-10-12-16(14(9)19)24-7-25-17(12)27(2)3-4-28-10/h3-6,24H,7H2,1-2H3,(H2,23,26). The maximum absolute atomic E-state index is 13.8. The van der Waals surface area contributed by atoms with Crippen molar-refractivity contribution in [3.63, 3.8) is 0 Å². The Labute approximate surface area is 163 Å². The van der Waals surface area contributed by atoms with Gasteiger partial charge in [-0.3, -0.25) is 0 Å². The lowest BCUT2D eigenvalue weighted by Crippen LogP contribution is -2.27. The molecule has 0 radical (unpaired) electrons. The molecule has 3 heterocycles. The number of aromatic nitrogens is 1. The van der Waals surface area contributed by atoms with Gasteiger partial charge in [0.15, 0.2) is 0 Å². The first kappa shape index (κ1) is 18.4. The highest BCUT2D eigenvalue weighted by Gasteiger charge is 2.38. The molecule has 0 saturated carbocycles. The summed E-state index contributed by atoms with van der Waals surface area (Å²) < 4.78 is 46.9. The molecule has 28 heavy (non-hydrogen) atoms. The molecule has 2 aromatic rings.